The highest BCUT2D eigenvalue weighted by Gasteiger charge is 2.25. The third-order valence-electron chi connectivity index (χ3n) is 3.83. The Hall–Kier alpha value is -1.59. The van der Waals surface area contributed by atoms with Crippen molar-refractivity contribution in [3.8, 4) is 0 Å². The third kappa shape index (κ3) is 4.45. The van der Waals surface area contributed by atoms with Gasteiger partial charge in [0.05, 0.1) is 0 Å². The van der Waals surface area contributed by atoms with E-state index in [1.165, 1.54) is 0 Å². The molecular formula is C16H24ClN3O2. The van der Waals surface area contributed by atoms with E-state index in [1.54, 1.807) is 24.3 Å². The third-order valence-corrected chi connectivity index (χ3v) is 3.83. The predicted molar refractivity (Wildman–Crippen MR) is 90.2 cm³/mol. The summed E-state index contributed by atoms with van der Waals surface area (Å²) in [6.07, 6.45) is 0.977. The van der Waals surface area contributed by atoms with E-state index in [1.807, 2.05) is 18.7 Å². The van der Waals surface area contributed by atoms with Crippen molar-refractivity contribution in [2.24, 2.45) is 17.6 Å². The molecule has 0 saturated carbocycles. The van der Waals surface area contributed by atoms with Gasteiger partial charge in [0.1, 0.15) is 0 Å². The molecule has 1 unspecified atom stereocenters. The Bertz CT molecular complexity index is 517. The van der Waals surface area contributed by atoms with Crippen LogP contribution in [0.2, 0.25) is 0 Å². The first-order valence-electron chi connectivity index (χ1n) is 7.41. The molecule has 2 amide bonds. The molecular weight excluding hydrogens is 302 g/mol. The van der Waals surface area contributed by atoms with Crippen molar-refractivity contribution < 1.29 is 9.59 Å². The van der Waals surface area contributed by atoms with Crippen LogP contribution >= 0.6 is 12.4 Å². The lowest BCUT2D eigenvalue weighted by Gasteiger charge is -2.16. The fourth-order valence-electron chi connectivity index (χ4n) is 2.37. The molecule has 1 atom stereocenters. The van der Waals surface area contributed by atoms with E-state index in [2.05, 4.69) is 5.32 Å². The first-order valence-corrected chi connectivity index (χ1v) is 7.41. The number of rotatable bonds is 4. The lowest BCUT2D eigenvalue weighted by molar-refractivity contribution is -0.118. The minimum atomic E-state index is -0.0656. The summed E-state index contributed by atoms with van der Waals surface area (Å²) < 4.78 is 0. The average Bonchev–Trinajstić information content (AvgIpc) is 2.96. The molecule has 122 valence electrons. The molecule has 3 N–H and O–H groups in total. The number of carbonyl (C=O) groups excluding carboxylic acids is 2. The highest BCUT2D eigenvalue weighted by atomic mass is 35.5. The van der Waals surface area contributed by atoms with Gasteiger partial charge in [-0.15, -0.1) is 12.4 Å². The number of nitrogens with two attached hydrogens (primary N) is 1. The first kappa shape index (κ1) is 18.5. The number of hydrogen-bond donors (Lipinski definition) is 2. The maximum Gasteiger partial charge on any atom is 0.253 e. The standard InChI is InChI=1S/C16H23N3O2.ClH/c1-11(2)15(20)18-14-5-3-13(4-6-14)16(21)19-8-7-12(9-17)10-19;/h3-6,11-12H,7-10,17H2,1-2H3,(H,18,20);1H. The van der Waals surface area contributed by atoms with Crippen LogP contribution < -0.4 is 11.1 Å². The summed E-state index contributed by atoms with van der Waals surface area (Å²) in [6, 6.07) is 7.05. The van der Waals surface area contributed by atoms with Crippen molar-refractivity contribution in [2.75, 3.05) is 25.0 Å². The van der Waals surface area contributed by atoms with Crippen LogP contribution in [0.3, 0.4) is 0 Å². The molecule has 1 aromatic rings. The summed E-state index contributed by atoms with van der Waals surface area (Å²) in [5, 5.41) is 2.81. The van der Waals surface area contributed by atoms with Crippen LogP contribution in [0.15, 0.2) is 24.3 Å². The molecule has 1 aliphatic heterocycles. The highest BCUT2D eigenvalue weighted by molar-refractivity contribution is 5.96. The second-order valence-corrected chi connectivity index (χ2v) is 5.86. The van der Waals surface area contributed by atoms with Gasteiger partial charge in [0.2, 0.25) is 5.91 Å². The lowest BCUT2D eigenvalue weighted by Crippen LogP contribution is -2.29. The largest absolute Gasteiger partial charge is 0.338 e. The predicted octanol–water partition coefficient (Wildman–Crippen LogP) is 2.12. The van der Waals surface area contributed by atoms with Crippen molar-refractivity contribution in [1.29, 1.82) is 0 Å². The van der Waals surface area contributed by atoms with Gasteiger partial charge in [-0.1, -0.05) is 13.8 Å². The smallest absolute Gasteiger partial charge is 0.253 e. The number of nitrogens with one attached hydrogen (secondary N) is 1. The molecule has 1 saturated heterocycles. The SMILES string of the molecule is CC(C)C(=O)Nc1ccc(C(=O)N2CCC(CN)C2)cc1.Cl. The molecule has 0 spiro atoms. The molecule has 1 fully saturated rings. The Kier molecular flexibility index (Phi) is 6.84. The molecule has 0 radical (unpaired) electrons. The van der Waals surface area contributed by atoms with E-state index in [0.717, 1.165) is 19.5 Å². The number of hydrogen-bond acceptors (Lipinski definition) is 3. The molecule has 1 aromatic carbocycles. The Balaban J connectivity index is 0.00000242. The monoisotopic (exact) mass is 325 g/mol. The average molecular weight is 326 g/mol. The Morgan fingerprint density at radius 3 is 2.45 bits per heavy atom. The number of anilines is 1. The minimum absolute atomic E-state index is 0. The molecule has 0 aliphatic carbocycles. The summed E-state index contributed by atoms with van der Waals surface area (Å²) in [6.45, 7) is 5.82. The summed E-state index contributed by atoms with van der Waals surface area (Å²) in [5.41, 5.74) is 7.01. The number of amides is 2. The topological polar surface area (TPSA) is 75.4 Å². The van der Waals surface area contributed by atoms with Crippen molar-refractivity contribution in [1.82, 2.24) is 4.90 Å². The van der Waals surface area contributed by atoms with Gasteiger partial charge in [0.25, 0.3) is 5.91 Å². The van der Waals surface area contributed by atoms with Crippen LogP contribution in [-0.4, -0.2) is 36.3 Å². The molecule has 0 bridgehead atoms. The van der Waals surface area contributed by atoms with E-state index in [0.29, 0.717) is 23.7 Å². The van der Waals surface area contributed by atoms with Gasteiger partial charge >= 0.3 is 0 Å². The van der Waals surface area contributed by atoms with Crippen LogP contribution in [0.5, 0.6) is 0 Å². The Morgan fingerprint density at radius 1 is 1.32 bits per heavy atom. The number of nitrogens with zero attached hydrogens (tertiary/aromatic N) is 1. The van der Waals surface area contributed by atoms with Crippen LogP contribution in [0.25, 0.3) is 0 Å². The number of benzene rings is 1. The Morgan fingerprint density at radius 2 is 1.95 bits per heavy atom. The van der Waals surface area contributed by atoms with Gasteiger partial charge in [-0.2, -0.15) is 0 Å². The summed E-state index contributed by atoms with van der Waals surface area (Å²) >= 11 is 0. The minimum Gasteiger partial charge on any atom is -0.338 e. The van der Waals surface area contributed by atoms with Gasteiger partial charge in [-0.25, -0.2) is 0 Å². The Labute approximate surface area is 137 Å². The number of halogens is 1. The fourth-order valence-corrected chi connectivity index (χ4v) is 2.37. The number of likely N-dealkylation sites (tertiary alicyclic amines) is 1. The van der Waals surface area contributed by atoms with Crippen molar-refractivity contribution >= 4 is 29.9 Å². The molecule has 2 rings (SSSR count). The lowest BCUT2D eigenvalue weighted by atomic mass is 10.1. The van der Waals surface area contributed by atoms with Gasteiger partial charge in [0.15, 0.2) is 0 Å². The molecule has 6 heteroatoms. The van der Waals surface area contributed by atoms with E-state index >= 15 is 0 Å². The van der Waals surface area contributed by atoms with E-state index in [4.69, 9.17) is 5.73 Å². The maximum absolute atomic E-state index is 12.3. The quantitative estimate of drug-likeness (QED) is 0.890. The van der Waals surface area contributed by atoms with Crippen molar-refractivity contribution in [2.45, 2.75) is 20.3 Å². The van der Waals surface area contributed by atoms with Crippen LogP contribution in [0.1, 0.15) is 30.6 Å². The van der Waals surface area contributed by atoms with Crippen LogP contribution in [0.4, 0.5) is 5.69 Å². The zero-order chi connectivity index (χ0) is 15.4. The number of carbonyl (C=O) groups is 2. The molecule has 22 heavy (non-hydrogen) atoms. The zero-order valence-electron chi connectivity index (χ0n) is 13.0. The molecule has 1 heterocycles. The molecule has 0 aromatic heterocycles. The summed E-state index contributed by atoms with van der Waals surface area (Å²) in [4.78, 5) is 25.8. The van der Waals surface area contributed by atoms with Crippen LogP contribution in [0, 0.1) is 11.8 Å². The second-order valence-electron chi connectivity index (χ2n) is 5.86. The summed E-state index contributed by atoms with van der Waals surface area (Å²) in [5.74, 6) is 0.356. The molecule has 5 nitrogen and oxygen atoms in total. The zero-order valence-corrected chi connectivity index (χ0v) is 13.9. The first-order chi connectivity index (χ1) is 10.0. The normalized spacial score (nSPS) is 17.3. The second kappa shape index (κ2) is 8.15. The maximum atomic E-state index is 12.3. The van der Waals surface area contributed by atoms with Gasteiger partial charge in [-0.3, -0.25) is 9.59 Å². The van der Waals surface area contributed by atoms with Crippen molar-refractivity contribution in [3.63, 3.8) is 0 Å². The van der Waals surface area contributed by atoms with Gasteiger partial charge in [-0.05, 0) is 43.1 Å². The van der Waals surface area contributed by atoms with E-state index < -0.39 is 0 Å². The highest BCUT2D eigenvalue weighted by Crippen LogP contribution is 2.19. The van der Waals surface area contributed by atoms with Crippen molar-refractivity contribution in [3.05, 3.63) is 29.8 Å². The fraction of sp³-hybridized carbons (Fsp3) is 0.500. The molecule has 1 aliphatic rings. The van der Waals surface area contributed by atoms with E-state index in [9.17, 15) is 9.59 Å². The summed E-state index contributed by atoms with van der Waals surface area (Å²) in [7, 11) is 0. The van der Waals surface area contributed by atoms with E-state index in [-0.39, 0.29) is 30.1 Å². The van der Waals surface area contributed by atoms with Gasteiger partial charge < -0.3 is 16.0 Å². The van der Waals surface area contributed by atoms with Gasteiger partial charge in [0, 0.05) is 30.3 Å². The van der Waals surface area contributed by atoms with Crippen LogP contribution in [-0.2, 0) is 4.79 Å².